The Bertz CT molecular complexity index is 1520. The summed E-state index contributed by atoms with van der Waals surface area (Å²) in [5, 5.41) is 3.58. The van der Waals surface area contributed by atoms with Gasteiger partial charge >= 0.3 is 0 Å². The van der Waals surface area contributed by atoms with Crippen molar-refractivity contribution >= 4 is 40.5 Å². The molecule has 0 fully saturated rings. The molecule has 168 valence electrons. The number of anilines is 1. The van der Waals surface area contributed by atoms with Gasteiger partial charge in [-0.25, -0.2) is 4.98 Å². The zero-order valence-corrected chi connectivity index (χ0v) is 19.3. The van der Waals surface area contributed by atoms with Gasteiger partial charge < -0.3 is 14.2 Å². The quantitative estimate of drug-likeness (QED) is 0.278. The summed E-state index contributed by atoms with van der Waals surface area (Å²) in [6, 6.07) is 18.6. The summed E-state index contributed by atoms with van der Waals surface area (Å²) in [5.74, 6) is 1.40. The fraction of sp³-hybridized carbons (Fsp3) is 0.0741. The molecule has 0 spiro atoms. The molecule has 2 aromatic carbocycles. The maximum Gasteiger partial charge on any atom is 0.248 e. The molecular weight excluding hydrogens is 450 g/mol. The number of nitrogens with one attached hydrogen (secondary N) is 1. The van der Waals surface area contributed by atoms with Gasteiger partial charge in [0, 0.05) is 34.1 Å². The number of fused-ring (bicyclic) bond motifs is 1. The third-order valence-electron chi connectivity index (χ3n) is 5.39. The van der Waals surface area contributed by atoms with E-state index in [4.69, 9.17) is 20.4 Å². The predicted octanol–water partition coefficient (Wildman–Crippen LogP) is 7.07. The average Bonchev–Trinajstić information content (AvgIpc) is 3.48. The molecule has 3 heterocycles. The summed E-state index contributed by atoms with van der Waals surface area (Å²) in [6.07, 6.45) is 4.72. The molecule has 0 saturated carbocycles. The van der Waals surface area contributed by atoms with Gasteiger partial charge in [-0.3, -0.25) is 4.79 Å². The minimum absolute atomic E-state index is 0.282. The molecule has 1 N–H and O–H groups in total. The Morgan fingerprint density at radius 1 is 0.971 bits per heavy atom. The summed E-state index contributed by atoms with van der Waals surface area (Å²) in [6.45, 7) is 3.87. The lowest BCUT2D eigenvalue weighted by atomic mass is 10.1. The number of pyridine rings is 1. The first-order chi connectivity index (χ1) is 16.5. The summed E-state index contributed by atoms with van der Waals surface area (Å²) < 4.78 is 11.6. The fourth-order valence-corrected chi connectivity index (χ4v) is 3.64. The molecular formula is C27H20ClN3O3. The normalized spacial score (nSPS) is 11.4. The first-order valence-electron chi connectivity index (χ1n) is 10.6. The molecule has 0 unspecified atom stereocenters. The van der Waals surface area contributed by atoms with Crippen LogP contribution < -0.4 is 5.32 Å². The van der Waals surface area contributed by atoms with E-state index < -0.39 is 0 Å². The maximum absolute atomic E-state index is 12.6. The Morgan fingerprint density at radius 2 is 1.79 bits per heavy atom. The van der Waals surface area contributed by atoms with Crippen LogP contribution in [0.5, 0.6) is 0 Å². The molecule has 0 saturated heterocycles. The molecule has 0 atom stereocenters. The third kappa shape index (κ3) is 4.49. The molecule has 5 aromatic rings. The highest BCUT2D eigenvalue weighted by molar-refractivity contribution is 6.31. The van der Waals surface area contributed by atoms with Gasteiger partial charge in [-0.1, -0.05) is 29.8 Å². The van der Waals surface area contributed by atoms with Gasteiger partial charge in [-0.2, -0.15) is 4.98 Å². The summed E-state index contributed by atoms with van der Waals surface area (Å²) in [7, 11) is 0. The molecule has 0 aliphatic heterocycles. The van der Waals surface area contributed by atoms with E-state index in [1.54, 1.807) is 24.4 Å². The minimum atomic E-state index is -0.282. The number of hydrogen-bond donors (Lipinski definition) is 1. The van der Waals surface area contributed by atoms with Crippen LogP contribution in [0.2, 0.25) is 5.02 Å². The van der Waals surface area contributed by atoms with Crippen LogP contribution in [-0.4, -0.2) is 15.9 Å². The first-order valence-corrected chi connectivity index (χ1v) is 11.0. The number of aromatic nitrogens is 2. The summed E-state index contributed by atoms with van der Waals surface area (Å²) in [4.78, 5) is 21.2. The standard InChI is InChI=1S/C27H20ClN3O3/c1-16-5-7-18(14-21(16)28)23-11-9-20(33-23)10-12-25(32)30-22-15-19(8-6-17(22)2)27-31-26-24(34-27)4-3-13-29-26/h3-15H,1-2H3,(H,30,32)/b12-10+. The van der Waals surface area contributed by atoms with Crippen LogP contribution in [0.4, 0.5) is 5.69 Å². The Hall–Kier alpha value is -4.16. The SMILES string of the molecule is Cc1ccc(-c2ccc(/C=C/C(=O)Nc3cc(-c4nc5ncccc5o4)ccc3C)o2)cc1Cl. The van der Waals surface area contributed by atoms with Crippen molar-refractivity contribution in [2.24, 2.45) is 0 Å². The predicted molar refractivity (Wildman–Crippen MR) is 134 cm³/mol. The van der Waals surface area contributed by atoms with Crippen LogP contribution >= 0.6 is 11.6 Å². The second kappa shape index (κ2) is 9.00. The van der Waals surface area contributed by atoms with Crippen molar-refractivity contribution in [3.63, 3.8) is 0 Å². The second-order valence-electron chi connectivity index (χ2n) is 7.86. The minimum Gasteiger partial charge on any atom is -0.457 e. The van der Waals surface area contributed by atoms with Crippen molar-refractivity contribution in [3.8, 4) is 22.8 Å². The van der Waals surface area contributed by atoms with Gasteiger partial charge in [0.1, 0.15) is 11.5 Å². The van der Waals surface area contributed by atoms with Crippen molar-refractivity contribution in [1.29, 1.82) is 0 Å². The monoisotopic (exact) mass is 469 g/mol. The van der Waals surface area contributed by atoms with E-state index in [2.05, 4.69) is 15.3 Å². The lowest BCUT2D eigenvalue weighted by Gasteiger charge is -2.07. The van der Waals surface area contributed by atoms with E-state index in [1.165, 1.54) is 6.08 Å². The van der Waals surface area contributed by atoms with Gasteiger partial charge in [0.15, 0.2) is 11.2 Å². The van der Waals surface area contributed by atoms with Crippen LogP contribution in [0, 0.1) is 13.8 Å². The number of benzene rings is 2. The molecule has 0 aliphatic carbocycles. The number of carbonyl (C=O) groups excluding carboxylic acids is 1. The Morgan fingerprint density at radius 3 is 2.62 bits per heavy atom. The van der Waals surface area contributed by atoms with Crippen LogP contribution in [-0.2, 0) is 4.79 Å². The molecule has 34 heavy (non-hydrogen) atoms. The summed E-state index contributed by atoms with van der Waals surface area (Å²) in [5.41, 5.74) is 5.35. The van der Waals surface area contributed by atoms with Crippen molar-refractivity contribution < 1.29 is 13.6 Å². The van der Waals surface area contributed by atoms with E-state index in [0.29, 0.717) is 39.4 Å². The highest BCUT2D eigenvalue weighted by atomic mass is 35.5. The van der Waals surface area contributed by atoms with Crippen molar-refractivity contribution in [2.45, 2.75) is 13.8 Å². The smallest absolute Gasteiger partial charge is 0.248 e. The highest BCUT2D eigenvalue weighted by Crippen LogP contribution is 2.29. The van der Waals surface area contributed by atoms with Gasteiger partial charge in [-0.15, -0.1) is 0 Å². The van der Waals surface area contributed by atoms with Crippen LogP contribution in [0.1, 0.15) is 16.9 Å². The number of furan rings is 1. The number of amides is 1. The van der Waals surface area contributed by atoms with Crippen LogP contribution in [0.25, 0.3) is 40.1 Å². The number of halogens is 1. The Kier molecular flexibility index (Phi) is 5.74. The lowest BCUT2D eigenvalue weighted by Crippen LogP contribution is -2.09. The molecule has 6 nitrogen and oxygen atoms in total. The second-order valence-corrected chi connectivity index (χ2v) is 8.27. The number of hydrogen-bond acceptors (Lipinski definition) is 5. The molecule has 1 amide bonds. The molecule has 5 rings (SSSR count). The average molecular weight is 470 g/mol. The zero-order chi connectivity index (χ0) is 23.7. The Labute approximate surface area is 200 Å². The molecule has 3 aromatic heterocycles. The molecule has 0 radical (unpaired) electrons. The molecule has 0 bridgehead atoms. The fourth-order valence-electron chi connectivity index (χ4n) is 3.46. The summed E-state index contributed by atoms with van der Waals surface area (Å²) >= 11 is 6.21. The van der Waals surface area contributed by atoms with Gasteiger partial charge in [0.05, 0.1) is 0 Å². The van der Waals surface area contributed by atoms with Crippen LogP contribution in [0.3, 0.4) is 0 Å². The van der Waals surface area contributed by atoms with Crippen molar-refractivity contribution in [2.75, 3.05) is 5.32 Å². The highest BCUT2D eigenvalue weighted by Gasteiger charge is 2.12. The Balaban J connectivity index is 1.31. The van der Waals surface area contributed by atoms with E-state index in [9.17, 15) is 4.79 Å². The number of carbonyl (C=O) groups is 1. The topological polar surface area (TPSA) is 81.2 Å². The molecule has 0 aliphatic rings. The third-order valence-corrected chi connectivity index (χ3v) is 5.80. The van der Waals surface area contributed by atoms with Crippen LogP contribution in [0.15, 0.2) is 81.8 Å². The number of oxazole rings is 1. The van der Waals surface area contributed by atoms with Crippen molar-refractivity contribution in [1.82, 2.24) is 9.97 Å². The number of aryl methyl sites for hydroxylation is 2. The first kappa shape index (κ1) is 21.7. The lowest BCUT2D eigenvalue weighted by molar-refractivity contribution is -0.111. The molecule has 7 heteroatoms. The van der Waals surface area contributed by atoms with E-state index in [0.717, 1.165) is 22.3 Å². The maximum atomic E-state index is 12.6. The van der Waals surface area contributed by atoms with Gasteiger partial charge in [-0.05, 0) is 73.5 Å². The van der Waals surface area contributed by atoms with Crippen molar-refractivity contribution in [3.05, 3.63) is 94.8 Å². The number of rotatable bonds is 5. The van der Waals surface area contributed by atoms with E-state index >= 15 is 0 Å². The largest absolute Gasteiger partial charge is 0.457 e. The number of nitrogens with zero attached hydrogens (tertiary/aromatic N) is 2. The van der Waals surface area contributed by atoms with Gasteiger partial charge in [0.25, 0.3) is 0 Å². The van der Waals surface area contributed by atoms with E-state index in [1.807, 2.05) is 62.4 Å². The zero-order valence-electron chi connectivity index (χ0n) is 18.5. The van der Waals surface area contributed by atoms with E-state index in [-0.39, 0.29) is 5.91 Å². The van der Waals surface area contributed by atoms with Gasteiger partial charge in [0.2, 0.25) is 11.8 Å².